The lowest BCUT2D eigenvalue weighted by Gasteiger charge is -2.25. The molecule has 6 rings (SSSR count). The molecule has 2 unspecified atom stereocenters. The Hall–Kier alpha value is -3.28. The predicted molar refractivity (Wildman–Crippen MR) is 116 cm³/mol. The highest BCUT2D eigenvalue weighted by molar-refractivity contribution is 6.59. The SMILES string of the molecule is OB(O)c1ccc2c(c1)c1ccccc1n2C1=CC=CC2c3ccccc3OC12. The van der Waals surface area contributed by atoms with Crippen LogP contribution in [0.4, 0.5) is 0 Å². The molecule has 2 aliphatic rings. The third-order valence-corrected chi connectivity index (χ3v) is 5.99. The Morgan fingerprint density at radius 3 is 2.55 bits per heavy atom. The Morgan fingerprint density at radius 2 is 1.66 bits per heavy atom. The van der Waals surface area contributed by atoms with E-state index in [0.29, 0.717) is 5.46 Å². The molecule has 1 aliphatic heterocycles. The lowest BCUT2D eigenvalue weighted by Crippen LogP contribution is -2.29. The molecule has 2 atom stereocenters. The van der Waals surface area contributed by atoms with Crippen LogP contribution in [0.3, 0.4) is 0 Å². The fraction of sp³-hybridized carbons (Fsp3) is 0.0833. The van der Waals surface area contributed by atoms with Crippen LogP contribution in [-0.2, 0) is 0 Å². The number of rotatable bonds is 2. The van der Waals surface area contributed by atoms with Crippen LogP contribution >= 0.6 is 0 Å². The molecule has 140 valence electrons. The molecule has 0 fully saturated rings. The summed E-state index contributed by atoms with van der Waals surface area (Å²) >= 11 is 0. The lowest BCUT2D eigenvalue weighted by atomic mass is 9.80. The van der Waals surface area contributed by atoms with Crippen molar-refractivity contribution in [3.8, 4) is 5.75 Å². The molecule has 2 heterocycles. The average Bonchev–Trinajstić information content (AvgIpc) is 3.29. The Morgan fingerprint density at radius 1 is 0.862 bits per heavy atom. The van der Waals surface area contributed by atoms with E-state index in [-0.39, 0.29) is 12.0 Å². The molecule has 0 bridgehead atoms. The number of benzene rings is 3. The summed E-state index contributed by atoms with van der Waals surface area (Å²) < 4.78 is 8.63. The molecule has 1 aliphatic carbocycles. The number of hydrogen-bond acceptors (Lipinski definition) is 3. The van der Waals surface area contributed by atoms with Crippen LogP contribution in [0, 0.1) is 0 Å². The first-order valence-electron chi connectivity index (χ1n) is 9.76. The zero-order valence-electron chi connectivity index (χ0n) is 15.6. The second kappa shape index (κ2) is 6.11. The number of allylic oxidation sites excluding steroid dienone is 2. The highest BCUT2D eigenvalue weighted by Gasteiger charge is 2.37. The molecule has 4 nitrogen and oxygen atoms in total. The van der Waals surface area contributed by atoms with Crippen molar-refractivity contribution in [2.45, 2.75) is 12.0 Å². The van der Waals surface area contributed by atoms with E-state index in [1.165, 1.54) is 5.56 Å². The molecule has 0 amide bonds. The summed E-state index contributed by atoms with van der Waals surface area (Å²) in [5.74, 6) is 1.12. The monoisotopic (exact) mass is 379 g/mol. The molecular weight excluding hydrogens is 361 g/mol. The van der Waals surface area contributed by atoms with Crippen molar-refractivity contribution < 1.29 is 14.8 Å². The molecule has 29 heavy (non-hydrogen) atoms. The highest BCUT2D eigenvalue weighted by Crippen LogP contribution is 2.46. The molecule has 4 aromatic rings. The summed E-state index contributed by atoms with van der Waals surface area (Å²) in [4.78, 5) is 0. The first-order valence-corrected chi connectivity index (χ1v) is 9.76. The number of fused-ring (bicyclic) bond motifs is 6. The minimum Gasteiger partial charge on any atom is -0.483 e. The van der Waals surface area contributed by atoms with Gasteiger partial charge in [-0.3, -0.25) is 0 Å². The summed E-state index contributed by atoms with van der Waals surface area (Å²) in [6.45, 7) is 0. The summed E-state index contributed by atoms with van der Waals surface area (Å²) in [5.41, 5.74) is 4.88. The van der Waals surface area contributed by atoms with Crippen LogP contribution in [0.15, 0.2) is 85.0 Å². The number of nitrogens with zero attached hydrogens (tertiary/aromatic N) is 1. The number of aromatic nitrogens is 1. The van der Waals surface area contributed by atoms with Gasteiger partial charge in [0.1, 0.15) is 11.9 Å². The Kier molecular flexibility index (Phi) is 3.51. The Balaban J connectivity index is 1.60. The van der Waals surface area contributed by atoms with Gasteiger partial charge >= 0.3 is 7.12 Å². The maximum absolute atomic E-state index is 9.64. The Labute approximate surface area is 168 Å². The van der Waals surface area contributed by atoms with Crippen LogP contribution in [0.2, 0.25) is 0 Å². The Bertz CT molecular complexity index is 1330. The van der Waals surface area contributed by atoms with Gasteiger partial charge in [0.05, 0.1) is 16.7 Å². The van der Waals surface area contributed by atoms with Gasteiger partial charge in [0.25, 0.3) is 0 Å². The van der Waals surface area contributed by atoms with Crippen molar-refractivity contribution in [1.29, 1.82) is 0 Å². The molecule has 3 aromatic carbocycles. The van der Waals surface area contributed by atoms with Crippen LogP contribution in [0.1, 0.15) is 11.5 Å². The van der Waals surface area contributed by atoms with Crippen molar-refractivity contribution >= 4 is 40.1 Å². The zero-order chi connectivity index (χ0) is 19.5. The van der Waals surface area contributed by atoms with Gasteiger partial charge in [-0.1, -0.05) is 60.7 Å². The van der Waals surface area contributed by atoms with Gasteiger partial charge in [0.15, 0.2) is 0 Å². The molecular formula is C24H18BNO3. The van der Waals surface area contributed by atoms with Crippen molar-refractivity contribution in [2.24, 2.45) is 0 Å². The van der Waals surface area contributed by atoms with Gasteiger partial charge in [0.2, 0.25) is 0 Å². The number of ether oxygens (including phenoxy) is 1. The smallest absolute Gasteiger partial charge is 0.483 e. The average molecular weight is 379 g/mol. The minimum atomic E-state index is -1.49. The standard InChI is InChI=1S/C24H18BNO3/c27-25(28)15-12-13-21-19(14-15)16-6-1-3-9-20(16)26(21)22-10-5-8-18-17-7-2-4-11-23(17)29-24(18)22/h1-14,18,24,27-28H. The van der Waals surface area contributed by atoms with Crippen molar-refractivity contribution in [3.63, 3.8) is 0 Å². The van der Waals surface area contributed by atoms with Gasteiger partial charge in [-0.15, -0.1) is 0 Å². The van der Waals surface area contributed by atoms with Crippen LogP contribution in [0.5, 0.6) is 5.75 Å². The summed E-state index contributed by atoms with van der Waals surface area (Å²) in [6, 6.07) is 22.0. The molecule has 0 saturated heterocycles. The molecule has 5 heteroatoms. The third kappa shape index (κ3) is 2.35. The highest BCUT2D eigenvalue weighted by atomic mass is 16.5. The maximum Gasteiger partial charge on any atom is 0.488 e. The quantitative estimate of drug-likeness (QED) is 0.525. The molecule has 0 spiro atoms. The summed E-state index contributed by atoms with van der Waals surface area (Å²) in [6.07, 6.45) is 6.33. The van der Waals surface area contributed by atoms with Gasteiger partial charge < -0.3 is 19.4 Å². The lowest BCUT2D eigenvalue weighted by molar-refractivity contribution is 0.272. The fourth-order valence-electron chi connectivity index (χ4n) is 4.69. The van der Waals surface area contributed by atoms with Crippen molar-refractivity contribution in [1.82, 2.24) is 4.57 Å². The topological polar surface area (TPSA) is 54.6 Å². The van der Waals surface area contributed by atoms with E-state index in [4.69, 9.17) is 4.74 Å². The van der Waals surface area contributed by atoms with Gasteiger partial charge in [-0.25, -0.2) is 0 Å². The van der Waals surface area contributed by atoms with Crippen molar-refractivity contribution in [3.05, 3.63) is 90.5 Å². The molecule has 0 saturated carbocycles. The number of para-hydroxylation sites is 2. The minimum absolute atomic E-state index is 0.0977. The predicted octanol–water partition coefficient (Wildman–Crippen LogP) is 3.43. The first-order chi connectivity index (χ1) is 14.2. The van der Waals surface area contributed by atoms with E-state index in [2.05, 4.69) is 47.1 Å². The second-order valence-electron chi connectivity index (χ2n) is 7.58. The van der Waals surface area contributed by atoms with Gasteiger partial charge in [-0.2, -0.15) is 0 Å². The van der Waals surface area contributed by atoms with Crippen molar-refractivity contribution in [2.75, 3.05) is 0 Å². The maximum atomic E-state index is 9.64. The zero-order valence-corrected chi connectivity index (χ0v) is 15.6. The van der Waals surface area contributed by atoms with E-state index >= 15 is 0 Å². The fourth-order valence-corrected chi connectivity index (χ4v) is 4.69. The van der Waals surface area contributed by atoms with Crippen LogP contribution in [0.25, 0.3) is 27.5 Å². The van der Waals surface area contributed by atoms with E-state index in [1.54, 1.807) is 6.07 Å². The van der Waals surface area contributed by atoms with E-state index < -0.39 is 7.12 Å². The molecule has 1 aromatic heterocycles. The van der Waals surface area contributed by atoms with E-state index in [0.717, 1.165) is 33.3 Å². The van der Waals surface area contributed by atoms with Gasteiger partial charge in [-0.05, 0) is 29.7 Å². The summed E-state index contributed by atoms with van der Waals surface area (Å²) in [7, 11) is -1.49. The third-order valence-electron chi connectivity index (χ3n) is 5.99. The first kappa shape index (κ1) is 16.7. The van der Waals surface area contributed by atoms with Crippen LogP contribution in [-0.4, -0.2) is 27.8 Å². The van der Waals surface area contributed by atoms with Crippen LogP contribution < -0.4 is 10.2 Å². The van der Waals surface area contributed by atoms with E-state index in [9.17, 15) is 10.0 Å². The molecule has 0 radical (unpaired) electrons. The second-order valence-corrected chi connectivity index (χ2v) is 7.58. The normalized spacial score (nSPS) is 19.7. The van der Waals surface area contributed by atoms with E-state index in [1.807, 2.05) is 36.4 Å². The molecule has 2 N–H and O–H groups in total. The largest absolute Gasteiger partial charge is 0.488 e. The summed E-state index contributed by atoms with van der Waals surface area (Å²) in [5, 5.41) is 21.4. The van der Waals surface area contributed by atoms with Gasteiger partial charge in [0, 0.05) is 22.3 Å². The number of hydrogen-bond donors (Lipinski definition) is 2.